The van der Waals surface area contributed by atoms with Crippen molar-refractivity contribution in [3.05, 3.63) is 0 Å². The Labute approximate surface area is 69.2 Å². The highest BCUT2D eigenvalue weighted by Gasteiger charge is 2.30. The van der Waals surface area contributed by atoms with Crippen LogP contribution in [0.3, 0.4) is 0 Å². The SMILES string of the molecule is CC1(C)CCCN1CCCO. The molecule has 0 atom stereocenters. The summed E-state index contributed by atoms with van der Waals surface area (Å²) in [6, 6.07) is 0. The molecule has 66 valence electrons. The molecule has 0 aromatic carbocycles. The lowest BCUT2D eigenvalue weighted by Crippen LogP contribution is -2.38. The van der Waals surface area contributed by atoms with Crippen LogP contribution in [-0.2, 0) is 0 Å². The van der Waals surface area contributed by atoms with Crippen molar-refractivity contribution in [2.45, 2.75) is 38.6 Å². The average molecular weight is 157 g/mol. The normalized spacial score (nSPS) is 24.3. The topological polar surface area (TPSA) is 23.5 Å². The molecule has 0 saturated carbocycles. The minimum atomic E-state index is 0.326. The maximum Gasteiger partial charge on any atom is 0.0443 e. The molecular weight excluding hydrogens is 138 g/mol. The Morgan fingerprint density at radius 1 is 1.45 bits per heavy atom. The molecule has 11 heavy (non-hydrogen) atoms. The van der Waals surface area contributed by atoms with E-state index in [4.69, 9.17) is 5.11 Å². The van der Waals surface area contributed by atoms with E-state index in [1.54, 1.807) is 0 Å². The molecule has 1 fully saturated rings. The summed E-state index contributed by atoms with van der Waals surface area (Å²) in [5, 5.41) is 8.67. The Morgan fingerprint density at radius 3 is 2.64 bits per heavy atom. The fourth-order valence-corrected chi connectivity index (χ4v) is 1.84. The summed E-state index contributed by atoms with van der Waals surface area (Å²) in [6.07, 6.45) is 3.54. The van der Waals surface area contributed by atoms with E-state index in [1.165, 1.54) is 19.4 Å². The van der Waals surface area contributed by atoms with E-state index in [9.17, 15) is 0 Å². The Morgan fingerprint density at radius 2 is 2.18 bits per heavy atom. The van der Waals surface area contributed by atoms with Gasteiger partial charge in [-0.15, -0.1) is 0 Å². The van der Waals surface area contributed by atoms with Crippen LogP contribution in [0.4, 0.5) is 0 Å². The van der Waals surface area contributed by atoms with Crippen LogP contribution < -0.4 is 0 Å². The smallest absolute Gasteiger partial charge is 0.0443 e. The van der Waals surface area contributed by atoms with Crippen molar-refractivity contribution in [3.63, 3.8) is 0 Å². The van der Waals surface area contributed by atoms with Crippen molar-refractivity contribution in [2.24, 2.45) is 0 Å². The molecule has 1 rings (SSSR count). The lowest BCUT2D eigenvalue weighted by Gasteiger charge is -2.31. The Kier molecular flexibility index (Phi) is 2.90. The van der Waals surface area contributed by atoms with Crippen molar-refractivity contribution in [3.8, 4) is 0 Å². The minimum Gasteiger partial charge on any atom is -0.396 e. The standard InChI is InChI=1S/C9H19NO/c1-9(2)5-3-6-10(9)7-4-8-11/h11H,3-8H2,1-2H3. The molecule has 0 aromatic rings. The van der Waals surface area contributed by atoms with Crippen LogP contribution in [0.2, 0.25) is 0 Å². The number of aliphatic hydroxyl groups excluding tert-OH is 1. The maximum absolute atomic E-state index is 8.67. The molecule has 1 heterocycles. The van der Waals surface area contributed by atoms with E-state index in [0.717, 1.165) is 13.0 Å². The molecule has 2 nitrogen and oxygen atoms in total. The van der Waals surface area contributed by atoms with E-state index in [2.05, 4.69) is 18.7 Å². The first-order valence-electron chi connectivity index (χ1n) is 4.53. The van der Waals surface area contributed by atoms with Gasteiger partial charge in [0.25, 0.3) is 0 Å². The van der Waals surface area contributed by atoms with Gasteiger partial charge in [-0.1, -0.05) is 0 Å². The van der Waals surface area contributed by atoms with Gasteiger partial charge in [-0.25, -0.2) is 0 Å². The summed E-state index contributed by atoms with van der Waals surface area (Å²) >= 11 is 0. The lowest BCUT2D eigenvalue weighted by molar-refractivity contribution is 0.157. The number of hydrogen-bond donors (Lipinski definition) is 1. The van der Waals surface area contributed by atoms with Gasteiger partial charge in [0.1, 0.15) is 0 Å². The first kappa shape index (κ1) is 9.01. The largest absolute Gasteiger partial charge is 0.396 e. The first-order valence-corrected chi connectivity index (χ1v) is 4.53. The number of hydrogen-bond acceptors (Lipinski definition) is 2. The second kappa shape index (κ2) is 3.55. The van der Waals surface area contributed by atoms with Gasteiger partial charge in [0.2, 0.25) is 0 Å². The van der Waals surface area contributed by atoms with Crippen LogP contribution in [0.15, 0.2) is 0 Å². The van der Waals surface area contributed by atoms with Crippen LogP contribution in [0.25, 0.3) is 0 Å². The fraction of sp³-hybridized carbons (Fsp3) is 1.00. The van der Waals surface area contributed by atoms with Crippen molar-refractivity contribution >= 4 is 0 Å². The van der Waals surface area contributed by atoms with Crippen molar-refractivity contribution in [1.29, 1.82) is 0 Å². The highest BCUT2D eigenvalue weighted by Crippen LogP contribution is 2.27. The second-order valence-corrected chi connectivity index (χ2v) is 3.98. The molecule has 0 bridgehead atoms. The monoisotopic (exact) mass is 157 g/mol. The molecule has 0 amide bonds. The minimum absolute atomic E-state index is 0.326. The van der Waals surface area contributed by atoms with Crippen LogP contribution in [0.5, 0.6) is 0 Å². The van der Waals surface area contributed by atoms with Gasteiger partial charge in [0, 0.05) is 18.7 Å². The van der Waals surface area contributed by atoms with Gasteiger partial charge < -0.3 is 5.11 Å². The van der Waals surface area contributed by atoms with Crippen LogP contribution in [-0.4, -0.2) is 35.2 Å². The maximum atomic E-state index is 8.67. The molecule has 1 aliphatic heterocycles. The van der Waals surface area contributed by atoms with E-state index >= 15 is 0 Å². The third kappa shape index (κ3) is 2.17. The third-order valence-electron chi connectivity index (χ3n) is 2.66. The van der Waals surface area contributed by atoms with Gasteiger partial charge >= 0.3 is 0 Å². The van der Waals surface area contributed by atoms with E-state index < -0.39 is 0 Å². The molecule has 1 aliphatic rings. The molecule has 1 saturated heterocycles. The number of nitrogens with zero attached hydrogens (tertiary/aromatic N) is 1. The van der Waals surface area contributed by atoms with Gasteiger partial charge in [0.15, 0.2) is 0 Å². The fourth-order valence-electron chi connectivity index (χ4n) is 1.84. The van der Waals surface area contributed by atoms with Crippen LogP contribution >= 0.6 is 0 Å². The Hall–Kier alpha value is -0.0800. The summed E-state index contributed by atoms with van der Waals surface area (Å²) in [4.78, 5) is 2.48. The zero-order valence-electron chi connectivity index (χ0n) is 7.64. The zero-order valence-corrected chi connectivity index (χ0v) is 7.64. The predicted octanol–water partition coefficient (Wildman–Crippen LogP) is 1.24. The zero-order chi connectivity index (χ0) is 8.32. The van der Waals surface area contributed by atoms with Gasteiger partial charge in [-0.3, -0.25) is 4.90 Å². The van der Waals surface area contributed by atoms with E-state index in [0.29, 0.717) is 12.1 Å². The number of likely N-dealkylation sites (tertiary alicyclic amines) is 1. The number of rotatable bonds is 3. The molecule has 2 heteroatoms. The summed E-state index contributed by atoms with van der Waals surface area (Å²) in [6.45, 7) is 7.18. The van der Waals surface area contributed by atoms with Gasteiger partial charge in [-0.2, -0.15) is 0 Å². The third-order valence-corrected chi connectivity index (χ3v) is 2.66. The quantitative estimate of drug-likeness (QED) is 0.666. The molecule has 0 spiro atoms. The van der Waals surface area contributed by atoms with Crippen LogP contribution in [0, 0.1) is 0 Å². The second-order valence-electron chi connectivity index (χ2n) is 3.98. The van der Waals surface area contributed by atoms with E-state index in [1.807, 2.05) is 0 Å². The first-order chi connectivity index (χ1) is 5.17. The average Bonchev–Trinajstić information content (AvgIpc) is 2.25. The van der Waals surface area contributed by atoms with Gasteiger partial charge in [-0.05, 0) is 39.7 Å². The number of aliphatic hydroxyl groups is 1. The Balaban J connectivity index is 2.32. The van der Waals surface area contributed by atoms with E-state index in [-0.39, 0.29) is 0 Å². The lowest BCUT2D eigenvalue weighted by atomic mass is 10.0. The molecule has 0 aromatic heterocycles. The molecule has 0 aliphatic carbocycles. The highest BCUT2D eigenvalue weighted by atomic mass is 16.3. The molecule has 0 unspecified atom stereocenters. The van der Waals surface area contributed by atoms with Crippen molar-refractivity contribution in [2.75, 3.05) is 19.7 Å². The predicted molar refractivity (Wildman–Crippen MR) is 46.6 cm³/mol. The summed E-state index contributed by atoms with van der Waals surface area (Å²) in [5.74, 6) is 0. The van der Waals surface area contributed by atoms with Crippen molar-refractivity contribution < 1.29 is 5.11 Å². The van der Waals surface area contributed by atoms with Crippen LogP contribution in [0.1, 0.15) is 33.1 Å². The van der Waals surface area contributed by atoms with Gasteiger partial charge in [0.05, 0.1) is 0 Å². The summed E-state index contributed by atoms with van der Waals surface area (Å²) in [5.41, 5.74) is 0.384. The highest BCUT2D eigenvalue weighted by molar-refractivity contribution is 4.87. The molecule has 0 radical (unpaired) electrons. The summed E-state index contributed by atoms with van der Waals surface area (Å²) in [7, 11) is 0. The molecular formula is C9H19NO. The summed E-state index contributed by atoms with van der Waals surface area (Å²) < 4.78 is 0. The van der Waals surface area contributed by atoms with Crippen molar-refractivity contribution in [1.82, 2.24) is 4.90 Å². The molecule has 1 N–H and O–H groups in total. The Bertz CT molecular complexity index is 123.